The summed E-state index contributed by atoms with van der Waals surface area (Å²) in [5.41, 5.74) is 0.944. The van der Waals surface area contributed by atoms with Crippen molar-refractivity contribution in [3.8, 4) is 0 Å². The number of halogens is 3. The fourth-order valence-corrected chi connectivity index (χ4v) is 2.36. The molecule has 2 rings (SSSR count). The molecule has 0 aliphatic carbocycles. The summed E-state index contributed by atoms with van der Waals surface area (Å²) in [6, 6.07) is 2.46. The number of hydrogen-bond donors (Lipinski definition) is 2. The maximum Gasteiger partial charge on any atom is 0.237 e. The predicted molar refractivity (Wildman–Crippen MR) is 74.7 cm³/mol. The summed E-state index contributed by atoms with van der Waals surface area (Å²) < 4.78 is 26.8. The molecule has 1 aliphatic rings. The normalized spacial score (nSPS) is 21.8. The Morgan fingerprint density at radius 3 is 2.95 bits per heavy atom. The molecule has 2 atom stereocenters. The van der Waals surface area contributed by atoms with Crippen molar-refractivity contribution in [2.75, 3.05) is 6.54 Å². The van der Waals surface area contributed by atoms with Crippen molar-refractivity contribution < 1.29 is 13.6 Å². The number of alkyl halides is 1. The molecule has 0 bridgehead atoms. The number of amides is 1. The molecule has 2 unspecified atom stereocenters. The lowest BCUT2D eigenvalue weighted by Gasteiger charge is -2.12. The molecule has 0 saturated carbocycles. The van der Waals surface area contributed by atoms with Gasteiger partial charge in [0.25, 0.3) is 0 Å². The Hall–Kier alpha value is -1.46. The van der Waals surface area contributed by atoms with Gasteiger partial charge in [0.2, 0.25) is 5.91 Å². The quantitative estimate of drug-likeness (QED) is 0.897. The van der Waals surface area contributed by atoms with E-state index in [4.69, 9.17) is 11.6 Å². The highest BCUT2D eigenvalue weighted by molar-refractivity contribution is 6.31. The van der Waals surface area contributed by atoms with Gasteiger partial charge in [-0.1, -0.05) is 24.3 Å². The number of carbonyl (C=O) groups is 1. The Bertz CT molecular complexity index is 536. The summed E-state index contributed by atoms with van der Waals surface area (Å²) in [6.07, 6.45) is 0.672. The van der Waals surface area contributed by atoms with Gasteiger partial charge in [0, 0.05) is 25.1 Å². The van der Waals surface area contributed by atoms with Crippen LogP contribution in [0.5, 0.6) is 0 Å². The highest BCUT2D eigenvalue weighted by Gasteiger charge is 2.29. The van der Waals surface area contributed by atoms with E-state index in [9.17, 15) is 13.6 Å². The Labute approximate surface area is 121 Å². The zero-order valence-electron chi connectivity index (χ0n) is 10.8. The topological polar surface area (TPSA) is 41.1 Å². The smallest absolute Gasteiger partial charge is 0.237 e. The van der Waals surface area contributed by atoms with E-state index >= 15 is 0 Å². The maximum absolute atomic E-state index is 13.8. The average molecular weight is 301 g/mol. The number of rotatable bonds is 4. The molecule has 1 fully saturated rings. The van der Waals surface area contributed by atoms with Crippen LogP contribution in [0.15, 0.2) is 18.7 Å². The molecule has 3 nitrogen and oxygen atoms in total. The minimum atomic E-state index is -1.01. The van der Waals surface area contributed by atoms with Gasteiger partial charge in [-0.15, -0.1) is 0 Å². The van der Waals surface area contributed by atoms with E-state index in [1.54, 1.807) is 12.1 Å². The van der Waals surface area contributed by atoms with Gasteiger partial charge < -0.3 is 10.6 Å². The molecule has 1 aromatic rings. The van der Waals surface area contributed by atoms with Gasteiger partial charge in [0.15, 0.2) is 0 Å². The molecule has 0 spiro atoms. The van der Waals surface area contributed by atoms with E-state index in [0.717, 1.165) is 0 Å². The van der Waals surface area contributed by atoms with E-state index in [0.29, 0.717) is 5.56 Å². The third-order valence-electron chi connectivity index (χ3n) is 3.21. The minimum absolute atomic E-state index is 0.00119. The standard InChI is InChI=1S/C14H15ClF2N2O/c1-2-8-3-9(13(17)11(15)4-8)6-19-14(20)12-5-10(16)7-18-12/h2-4,10,12,18H,1,5-7H2,(H,19,20). The maximum atomic E-state index is 13.8. The summed E-state index contributed by atoms with van der Waals surface area (Å²) in [5.74, 6) is -0.912. The van der Waals surface area contributed by atoms with Crippen molar-refractivity contribution in [1.29, 1.82) is 0 Å². The van der Waals surface area contributed by atoms with Crippen molar-refractivity contribution in [3.63, 3.8) is 0 Å². The lowest BCUT2D eigenvalue weighted by molar-refractivity contribution is -0.123. The van der Waals surface area contributed by atoms with Gasteiger partial charge in [-0.2, -0.15) is 0 Å². The molecule has 1 heterocycles. The molecular weight excluding hydrogens is 286 g/mol. The van der Waals surface area contributed by atoms with Gasteiger partial charge >= 0.3 is 0 Å². The zero-order chi connectivity index (χ0) is 14.7. The lowest BCUT2D eigenvalue weighted by atomic mass is 10.1. The molecule has 20 heavy (non-hydrogen) atoms. The first-order valence-electron chi connectivity index (χ1n) is 6.26. The Balaban J connectivity index is 2.02. The van der Waals surface area contributed by atoms with Crippen LogP contribution in [-0.2, 0) is 11.3 Å². The van der Waals surface area contributed by atoms with Crippen molar-refractivity contribution in [2.45, 2.75) is 25.2 Å². The first-order chi connectivity index (χ1) is 9.51. The van der Waals surface area contributed by atoms with Crippen molar-refractivity contribution in [3.05, 3.63) is 40.7 Å². The summed E-state index contributed by atoms with van der Waals surface area (Å²) in [5, 5.41) is 5.33. The molecule has 6 heteroatoms. The summed E-state index contributed by atoms with van der Waals surface area (Å²) in [4.78, 5) is 11.8. The van der Waals surface area contributed by atoms with Gasteiger partial charge in [-0.05, 0) is 17.7 Å². The Kier molecular flexibility index (Phi) is 4.73. The van der Waals surface area contributed by atoms with Crippen LogP contribution in [0.25, 0.3) is 6.08 Å². The first-order valence-corrected chi connectivity index (χ1v) is 6.64. The second-order valence-corrected chi connectivity index (χ2v) is 5.10. The minimum Gasteiger partial charge on any atom is -0.351 e. The third kappa shape index (κ3) is 3.35. The van der Waals surface area contributed by atoms with Crippen LogP contribution in [0.3, 0.4) is 0 Å². The molecule has 1 aliphatic heterocycles. The number of benzene rings is 1. The van der Waals surface area contributed by atoms with E-state index < -0.39 is 18.0 Å². The largest absolute Gasteiger partial charge is 0.351 e. The van der Waals surface area contributed by atoms with Crippen LogP contribution in [0, 0.1) is 5.82 Å². The number of carbonyl (C=O) groups excluding carboxylic acids is 1. The van der Waals surface area contributed by atoms with Crippen LogP contribution in [0.2, 0.25) is 5.02 Å². The van der Waals surface area contributed by atoms with Crippen molar-refractivity contribution in [1.82, 2.24) is 10.6 Å². The Morgan fingerprint density at radius 1 is 1.60 bits per heavy atom. The third-order valence-corrected chi connectivity index (χ3v) is 3.48. The second kappa shape index (κ2) is 6.33. The zero-order valence-corrected chi connectivity index (χ0v) is 11.5. The van der Waals surface area contributed by atoms with Gasteiger partial charge in [-0.3, -0.25) is 4.79 Å². The van der Waals surface area contributed by atoms with Crippen LogP contribution >= 0.6 is 11.6 Å². The first kappa shape index (κ1) is 14.9. The highest BCUT2D eigenvalue weighted by atomic mass is 35.5. The van der Waals surface area contributed by atoms with Crippen LogP contribution in [0.1, 0.15) is 17.5 Å². The van der Waals surface area contributed by atoms with E-state index in [1.165, 1.54) is 6.07 Å². The number of hydrogen-bond acceptors (Lipinski definition) is 2. The van der Waals surface area contributed by atoms with E-state index in [1.807, 2.05) is 0 Å². The molecule has 1 aromatic carbocycles. The summed E-state index contributed by atoms with van der Waals surface area (Å²) in [6.45, 7) is 3.76. The second-order valence-electron chi connectivity index (χ2n) is 4.69. The predicted octanol–water partition coefficient (Wildman–Crippen LogP) is 2.44. The van der Waals surface area contributed by atoms with Crippen molar-refractivity contribution in [2.24, 2.45) is 0 Å². The fourth-order valence-electron chi connectivity index (χ4n) is 2.11. The monoisotopic (exact) mass is 300 g/mol. The number of nitrogens with one attached hydrogen (secondary N) is 2. The van der Waals surface area contributed by atoms with Crippen LogP contribution in [0.4, 0.5) is 8.78 Å². The summed E-state index contributed by atoms with van der Waals surface area (Å²) >= 11 is 5.76. The molecule has 0 radical (unpaired) electrons. The van der Waals surface area contributed by atoms with E-state index in [-0.39, 0.29) is 36.0 Å². The average Bonchev–Trinajstić information content (AvgIpc) is 2.86. The van der Waals surface area contributed by atoms with Crippen LogP contribution in [-0.4, -0.2) is 24.7 Å². The molecule has 2 N–H and O–H groups in total. The molecule has 1 amide bonds. The van der Waals surface area contributed by atoms with E-state index in [2.05, 4.69) is 17.2 Å². The Morgan fingerprint density at radius 2 is 2.35 bits per heavy atom. The van der Waals surface area contributed by atoms with Gasteiger partial charge in [-0.25, -0.2) is 8.78 Å². The van der Waals surface area contributed by atoms with Gasteiger partial charge in [0.05, 0.1) is 11.1 Å². The summed E-state index contributed by atoms with van der Waals surface area (Å²) in [7, 11) is 0. The fraction of sp³-hybridized carbons (Fsp3) is 0.357. The molecule has 1 saturated heterocycles. The SMILES string of the molecule is C=Cc1cc(Cl)c(F)c(CNC(=O)C2CC(F)CN2)c1. The van der Waals surface area contributed by atoms with Crippen LogP contribution < -0.4 is 10.6 Å². The lowest BCUT2D eigenvalue weighted by Crippen LogP contribution is -2.40. The molecule has 0 aromatic heterocycles. The molecule has 108 valence electrons. The molecular formula is C14H15ClF2N2O. The van der Waals surface area contributed by atoms with Crippen molar-refractivity contribution >= 4 is 23.6 Å². The van der Waals surface area contributed by atoms with Gasteiger partial charge in [0.1, 0.15) is 12.0 Å². The highest BCUT2D eigenvalue weighted by Crippen LogP contribution is 2.21.